The number of carbonyl (C=O) groups excluding carboxylic acids is 2. The van der Waals surface area contributed by atoms with Crippen molar-refractivity contribution in [1.82, 2.24) is 0 Å². The SMILES string of the molecule is CCCCCCCCCCCCOC(=O)CCCC(=O)OCC. The molecular weight excluding hydrogens is 292 g/mol. The van der Waals surface area contributed by atoms with Gasteiger partial charge in [0.1, 0.15) is 0 Å². The van der Waals surface area contributed by atoms with Gasteiger partial charge in [-0.15, -0.1) is 0 Å². The summed E-state index contributed by atoms with van der Waals surface area (Å²) in [6, 6.07) is 0. The summed E-state index contributed by atoms with van der Waals surface area (Å²) in [6.45, 7) is 4.92. The first-order chi connectivity index (χ1) is 11.2. The Hall–Kier alpha value is -1.06. The molecule has 0 saturated heterocycles. The van der Waals surface area contributed by atoms with Gasteiger partial charge in [0, 0.05) is 12.8 Å². The summed E-state index contributed by atoms with van der Waals surface area (Å²) >= 11 is 0. The van der Waals surface area contributed by atoms with Crippen molar-refractivity contribution in [3.05, 3.63) is 0 Å². The molecule has 0 aromatic rings. The van der Waals surface area contributed by atoms with Gasteiger partial charge >= 0.3 is 11.9 Å². The van der Waals surface area contributed by atoms with Gasteiger partial charge in [0.2, 0.25) is 0 Å². The Bertz CT molecular complexity index is 289. The normalized spacial score (nSPS) is 10.5. The number of hydrogen-bond acceptors (Lipinski definition) is 4. The lowest BCUT2D eigenvalue weighted by molar-refractivity contribution is -0.145. The molecule has 4 nitrogen and oxygen atoms in total. The van der Waals surface area contributed by atoms with Crippen LogP contribution in [0.3, 0.4) is 0 Å². The number of ether oxygens (including phenoxy) is 2. The van der Waals surface area contributed by atoms with E-state index in [0.717, 1.165) is 12.8 Å². The van der Waals surface area contributed by atoms with E-state index in [1.807, 2.05) is 0 Å². The lowest BCUT2D eigenvalue weighted by atomic mass is 10.1. The molecule has 4 heteroatoms. The number of carbonyl (C=O) groups is 2. The van der Waals surface area contributed by atoms with Gasteiger partial charge in [-0.25, -0.2) is 0 Å². The molecule has 23 heavy (non-hydrogen) atoms. The smallest absolute Gasteiger partial charge is 0.305 e. The van der Waals surface area contributed by atoms with Crippen molar-refractivity contribution >= 4 is 11.9 Å². The van der Waals surface area contributed by atoms with Gasteiger partial charge in [0.15, 0.2) is 0 Å². The average molecular weight is 328 g/mol. The van der Waals surface area contributed by atoms with Crippen LogP contribution in [0.1, 0.15) is 97.3 Å². The van der Waals surface area contributed by atoms with Crippen LogP contribution in [-0.2, 0) is 19.1 Å². The molecule has 0 radical (unpaired) electrons. The molecule has 0 spiro atoms. The third-order valence-corrected chi connectivity index (χ3v) is 3.83. The van der Waals surface area contributed by atoms with Crippen molar-refractivity contribution in [1.29, 1.82) is 0 Å². The van der Waals surface area contributed by atoms with Crippen molar-refractivity contribution in [2.24, 2.45) is 0 Å². The Morgan fingerprint density at radius 2 is 1.09 bits per heavy atom. The molecule has 0 aliphatic carbocycles. The summed E-state index contributed by atoms with van der Waals surface area (Å²) in [6.07, 6.45) is 13.8. The van der Waals surface area contributed by atoms with Gasteiger partial charge < -0.3 is 9.47 Å². The van der Waals surface area contributed by atoms with Crippen molar-refractivity contribution in [2.45, 2.75) is 97.3 Å². The van der Waals surface area contributed by atoms with E-state index in [-0.39, 0.29) is 11.9 Å². The molecule has 0 unspecified atom stereocenters. The quantitative estimate of drug-likeness (QED) is 0.289. The number of hydrogen-bond donors (Lipinski definition) is 0. The molecule has 0 aliphatic rings. The summed E-state index contributed by atoms with van der Waals surface area (Å²) in [7, 11) is 0. The number of rotatable bonds is 16. The largest absolute Gasteiger partial charge is 0.466 e. The zero-order chi connectivity index (χ0) is 17.2. The van der Waals surface area contributed by atoms with Crippen LogP contribution in [0.15, 0.2) is 0 Å². The van der Waals surface area contributed by atoms with E-state index < -0.39 is 0 Å². The van der Waals surface area contributed by atoms with Crippen LogP contribution in [-0.4, -0.2) is 25.2 Å². The Kier molecular flexibility index (Phi) is 16.5. The second-order valence-electron chi connectivity index (χ2n) is 6.06. The van der Waals surface area contributed by atoms with Crippen molar-refractivity contribution in [3.8, 4) is 0 Å². The van der Waals surface area contributed by atoms with E-state index in [1.165, 1.54) is 51.4 Å². The first-order valence-corrected chi connectivity index (χ1v) is 9.52. The molecule has 0 aliphatic heterocycles. The van der Waals surface area contributed by atoms with Gasteiger partial charge in [0.05, 0.1) is 13.2 Å². The van der Waals surface area contributed by atoms with Crippen LogP contribution in [0.5, 0.6) is 0 Å². The average Bonchev–Trinajstić information content (AvgIpc) is 2.53. The monoisotopic (exact) mass is 328 g/mol. The molecule has 0 aromatic carbocycles. The number of unbranched alkanes of at least 4 members (excludes halogenated alkanes) is 9. The third kappa shape index (κ3) is 17.1. The Labute approximate surface area is 142 Å². The van der Waals surface area contributed by atoms with Crippen LogP contribution in [0.4, 0.5) is 0 Å². The van der Waals surface area contributed by atoms with E-state index >= 15 is 0 Å². The van der Waals surface area contributed by atoms with Crippen molar-refractivity contribution < 1.29 is 19.1 Å². The molecule has 0 bridgehead atoms. The minimum Gasteiger partial charge on any atom is -0.466 e. The van der Waals surface area contributed by atoms with Gasteiger partial charge in [-0.2, -0.15) is 0 Å². The summed E-state index contributed by atoms with van der Waals surface area (Å²) in [5.41, 5.74) is 0. The van der Waals surface area contributed by atoms with E-state index in [4.69, 9.17) is 9.47 Å². The highest BCUT2D eigenvalue weighted by molar-refractivity contribution is 5.72. The lowest BCUT2D eigenvalue weighted by Crippen LogP contribution is -2.08. The minimum atomic E-state index is -0.241. The van der Waals surface area contributed by atoms with E-state index in [9.17, 15) is 9.59 Å². The predicted molar refractivity (Wildman–Crippen MR) is 93.3 cm³/mol. The molecule has 0 N–H and O–H groups in total. The molecule has 0 atom stereocenters. The highest BCUT2D eigenvalue weighted by Crippen LogP contribution is 2.10. The van der Waals surface area contributed by atoms with Crippen LogP contribution < -0.4 is 0 Å². The first kappa shape index (κ1) is 21.9. The van der Waals surface area contributed by atoms with Gasteiger partial charge in [-0.05, 0) is 19.8 Å². The molecule has 0 rings (SSSR count). The zero-order valence-electron chi connectivity index (χ0n) is 15.2. The van der Waals surface area contributed by atoms with Crippen LogP contribution in [0.25, 0.3) is 0 Å². The Balaban J connectivity index is 3.22. The van der Waals surface area contributed by atoms with E-state index in [0.29, 0.717) is 32.5 Å². The molecule has 0 saturated carbocycles. The van der Waals surface area contributed by atoms with Crippen LogP contribution in [0, 0.1) is 0 Å². The van der Waals surface area contributed by atoms with Crippen molar-refractivity contribution in [3.63, 3.8) is 0 Å². The second-order valence-corrected chi connectivity index (χ2v) is 6.06. The fraction of sp³-hybridized carbons (Fsp3) is 0.895. The molecule has 0 heterocycles. The minimum absolute atomic E-state index is 0.203. The highest BCUT2D eigenvalue weighted by Gasteiger charge is 2.06. The van der Waals surface area contributed by atoms with Gasteiger partial charge in [-0.3, -0.25) is 9.59 Å². The van der Waals surface area contributed by atoms with Gasteiger partial charge in [0.25, 0.3) is 0 Å². The van der Waals surface area contributed by atoms with E-state index in [1.54, 1.807) is 6.92 Å². The molecule has 0 amide bonds. The number of esters is 2. The maximum absolute atomic E-state index is 11.5. The fourth-order valence-corrected chi connectivity index (χ4v) is 2.46. The summed E-state index contributed by atoms with van der Waals surface area (Å²) in [4.78, 5) is 22.6. The lowest BCUT2D eigenvalue weighted by Gasteiger charge is -2.05. The first-order valence-electron chi connectivity index (χ1n) is 9.52. The van der Waals surface area contributed by atoms with Gasteiger partial charge in [-0.1, -0.05) is 64.7 Å². The van der Waals surface area contributed by atoms with Crippen molar-refractivity contribution in [2.75, 3.05) is 13.2 Å². The molecular formula is C19H36O4. The Morgan fingerprint density at radius 1 is 0.609 bits per heavy atom. The molecule has 0 fully saturated rings. The zero-order valence-corrected chi connectivity index (χ0v) is 15.2. The Morgan fingerprint density at radius 3 is 1.61 bits per heavy atom. The molecule has 0 aromatic heterocycles. The summed E-state index contributed by atoms with van der Waals surface area (Å²) in [5.74, 6) is -0.444. The van der Waals surface area contributed by atoms with Crippen LogP contribution >= 0.6 is 0 Å². The predicted octanol–water partition coefficient (Wildman–Crippen LogP) is 5.18. The third-order valence-electron chi connectivity index (χ3n) is 3.83. The second kappa shape index (κ2) is 17.3. The van der Waals surface area contributed by atoms with Crippen LogP contribution in [0.2, 0.25) is 0 Å². The maximum Gasteiger partial charge on any atom is 0.305 e. The summed E-state index contributed by atoms with van der Waals surface area (Å²) in [5, 5.41) is 0. The fourth-order valence-electron chi connectivity index (χ4n) is 2.46. The topological polar surface area (TPSA) is 52.6 Å². The van der Waals surface area contributed by atoms with E-state index in [2.05, 4.69) is 6.92 Å². The molecule has 136 valence electrons. The summed E-state index contributed by atoms with van der Waals surface area (Å²) < 4.78 is 9.97. The highest BCUT2D eigenvalue weighted by atomic mass is 16.5. The maximum atomic E-state index is 11.5. The standard InChI is InChI=1S/C19H36O4/c1-3-5-6-7-8-9-10-11-12-13-17-23-19(21)16-14-15-18(20)22-4-2/h3-17H2,1-2H3.